The van der Waals surface area contributed by atoms with Crippen molar-refractivity contribution in [1.82, 2.24) is 20.4 Å². The van der Waals surface area contributed by atoms with Crippen molar-refractivity contribution in [3.63, 3.8) is 0 Å². The lowest BCUT2D eigenvalue weighted by atomic mass is 9.87. The number of nitrogens with two attached hydrogens (primary N) is 1. The lowest BCUT2D eigenvalue weighted by molar-refractivity contribution is -0.145. The molecule has 11 heteroatoms. The van der Waals surface area contributed by atoms with Crippen LogP contribution in [-0.2, 0) is 11.2 Å². The number of carbonyl (C=O) groups is 2. The SMILES string of the molecule is Cc1cccc([C@@H](C)c2ccc3c(c2N)Cc2ccccc2-3)n1.O=C(N[C@H]1CCN(C2CCCCC2)C[C@@H]1C(=O)O)c1cc(-c2ccc(F)cc2F)on1. The molecule has 1 amide bonds. The van der Waals surface area contributed by atoms with Gasteiger partial charge < -0.3 is 20.7 Å². The number of aliphatic carboxylic acids is 1. The van der Waals surface area contributed by atoms with E-state index >= 15 is 0 Å². The van der Waals surface area contributed by atoms with Gasteiger partial charge in [-0.3, -0.25) is 19.5 Å². The van der Waals surface area contributed by atoms with Crippen LogP contribution in [0.3, 0.4) is 0 Å². The number of anilines is 1. The average molecular weight is 734 g/mol. The minimum Gasteiger partial charge on any atom is -0.481 e. The van der Waals surface area contributed by atoms with Gasteiger partial charge in [0.05, 0.1) is 11.5 Å². The summed E-state index contributed by atoms with van der Waals surface area (Å²) in [7, 11) is 0. The van der Waals surface area contributed by atoms with Crippen LogP contribution in [0.5, 0.6) is 0 Å². The third-order valence-electron chi connectivity index (χ3n) is 11.2. The molecular weight excluding hydrogens is 689 g/mol. The average Bonchev–Trinajstić information content (AvgIpc) is 3.82. The predicted molar refractivity (Wildman–Crippen MR) is 203 cm³/mol. The minimum atomic E-state index is -0.944. The van der Waals surface area contributed by atoms with Gasteiger partial charge in [-0.2, -0.15) is 0 Å². The summed E-state index contributed by atoms with van der Waals surface area (Å²) in [5, 5.41) is 16.2. The number of pyridine rings is 1. The molecule has 0 bridgehead atoms. The van der Waals surface area contributed by atoms with Crippen LogP contribution >= 0.6 is 0 Å². The zero-order valence-electron chi connectivity index (χ0n) is 30.5. The fourth-order valence-corrected chi connectivity index (χ4v) is 8.21. The van der Waals surface area contributed by atoms with E-state index in [1.165, 1.54) is 59.2 Å². The second-order valence-corrected chi connectivity index (χ2v) is 14.7. The monoisotopic (exact) mass is 733 g/mol. The van der Waals surface area contributed by atoms with E-state index < -0.39 is 35.5 Å². The van der Waals surface area contributed by atoms with E-state index in [2.05, 4.69) is 75.8 Å². The van der Waals surface area contributed by atoms with Gasteiger partial charge >= 0.3 is 5.97 Å². The number of carboxylic acids is 1. The number of piperidine rings is 1. The first-order valence-electron chi connectivity index (χ1n) is 18.7. The Bertz CT molecular complexity index is 2160. The normalized spacial score (nSPS) is 18.9. The summed E-state index contributed by atoms with van der Waals surface area (Å²) in [5.74, 6) is -3.61. The Labute approximate surface area is 313 Å². The fourth-order valence-electron chi connectivity index (χ4n) is 8.21. The summed E-state index contributed by atoms with van der Waals surface area (Å²) in [6.45, 7) is 5.33. The molecular formula is C43H45F2N5O4. The summed E-state index contributed by atoms with van der Waals surface area (Å²) in [6.07, 6.45) is 7.20. The standard InChI is InChI=1S/C22H25F2N3O4.C21H20N2/c23-13-6-7-15(17(24)10-13)20-11-19(26-31-20)21(28)25-18-8-9-27(12-16(18)22(29)30)14-4-2-1-3-5-14;1-13-6-5-9-20(23-13)14(2)16-10-11-18-17-8-4-3-7-15(17)12-19(18)21(16)22/h6-7,10-11,14,16,18H,1-5,8-9,12H2,(H,25,28)(H,29,30);3-11,14H,12,22H2,1-2H3/t16-,18-;14-/m00/s1. The van der Waals surface area contributed by atoms with Crippen molar-refractivity contribution >= 4 is 17.6 Å². The molecule has 280 valence electrons. The van der Waals surface area contributed by atoms with Crippen molar-refractivity contribution in [2.24, 2.45) is 5.92 Å². The van der Waals surface area contributed by atoms with Crippen LogP contribution in [0, 0.1) is 24.5 Å². The van der Waals surface area contributed by atoms with Crippen molar-refractivity contribution in [3.05, 3.63) is 124 Å². The number of halogens is 2. The van der Waals surface area contributed by atoms with Crippen LogP contribution in [0.4, 0.5) is 14.5 Å². The van der Waals surface area contributed by atoms with Gasteiger partial charge in [0.2, 0.25) is 0 Å². The zero-order valence-corrected chi connectivity index (χ0v) is 30.5. The first-order chi connectivity index (χ1) is 26.1. The Morgan fingerprint density at radius 3 is 2.48 bits per heavy atom. The molecule has 4 N–H and O–H groups in total. The number of aryl methyl sites for hydroxylation is 1. The number of carbonyl (C=O) groups excluding carboxylic acids is 1. The lowest BCUT2D eigenvalue weighted by Crippen LogP contribution is -2.56. The third kappa shape index (κ3) is 7.77. The number of rotatable bonds is 7. The summed E-state index contributed by atoms with van der Waals surface area (Å²) in [5.41, 5.74) is 15.9. The molecule has 2 aromatic heterocycles. The number of fused-ring (bicyclic) bond motifs is 3. The van der Waals surface area contributed by atoms with Crippen LogP contribution < -0.4 is 11.1 Å². The number of nitrogen functional groups attached to an aromatic ring is 1. The molecule has 1 saturated carbocycles. The maximum absolute atomic E-state index is 14.0. The van der Waals surface area contributed by atoms with Crippen molar-refractivity contribution in [1.29, 1.82) is 0 Å². The van der Waals surface area contributed by atoms with Gasteiger partial charge in [-0.25, -0.2) is 8.78 Å². The summed E-state index contributed by atoms with van der Waals surface area (Å²) < 4.78 is 32.1. The van der Waals surface area contributed by atoms with Crippen molar-refractivity contribution < 1.29 is 28.0 Å². The molecule has 0 spiro atoms. The van der Waals surface area contributed by atoms with Crippen LogP contribution in [-0.4, -0.2) is 57.2 Å². The van der Waals surface area contributed by atoms with E-state index in [1.807, 2.05) is 13.0 Å². The molecule has 2 fully saturated rings. The molecule has 0 unspecified atom stereocenters. The Morgan fingerprint density at radius 2 is 1.72 bits per heavy atom. The maximum atomic E-state index is 14.0. The quantitative estimate of drug-likeness (QED) is 0.140. The maximum Gasteiger partial charge on any atom is 0.309 e. The highest BCUT2D eigenvalue weighted by Crippen LogP contribution is 2.42. The Balaban J connectivity index is 0.000000174. The van der Waals surface area contributed by atoms with Gasteiger partial charge in [0.1, 0.15) is 11.6 Å². The molecule has 1 saturated heterocycles. The molecule has 1 aliphatic heterocycles. The van der Waals surface area contributed by atoms with Gasteiger partial charge in [-0.15, -0.1) is 0 Å². The highest BCUT2D eigenvalue weighted by atomic mass is 19.1. The van der Waals surface area contributed by atoms with Crippen molar-refractivity contribution in [2.75, 3.05) is 18.8 Å². The second-order valence-electron chi connectivity index (χ2n) is 14.7. The second kappa shape index (κ2) is 15.9. The van der Waals surface area contributed by atoms with Gasteiger partial charge in [0.15, 0.2) is 11.5 Å². The number of benzene rings is 3. The van der Waals surface area contributed by atoms with Gasteiger partial charge in [-0.05, 0) is 78.3 Å². The van der Waals surface area contributed by atoms with Gasteiger partial charge in [0.25, 0.3) is 5.91 Å². The number of hydrogen-bond donors (Lipinski definition) is 3. The number of amides is 1. The molecule has 2 aliphatic carbocycles. The van der Waals surface area contributed by atoms with Gasteiger partial charge in [-0.1, -0.05) is 73.8 Å². The van der Waals surface area contributed by atoms with Crippen LogP contribution in [0.15, 0.2) is 83.4 Å². The minimum absolute atomic E-state index is 0.00967. The molecule has 3 aliphatic rings. The molecule has 8 rings (SSSR count). The van der Waals surface area contributed by atoms with Crippen molar-refractivity contribution in [3.8, 4) is 22.5 Å². The summed E-state index contributed by atoms with van der Waals surface area (Å²) in [4.78, 5) is 31.4. The smallest absolute Gasteiger partial charge is 0.309 e. The number of likely N-dealkylation sites (tertiary alicyclic amines) is 1. The van der Waals surface area contributed by atoms with Crippen molar-refractivity contribution in [2.45, 2.75) is 76.8 Å². The Kier molecular flexibility index (Phi) is 10.9. The summed E-state index contributed by atoms with van der Waals surface area (Å²) in [6, 6.07) is 23.3. The molecule has 54 heavy (non-hydrogen) atoms. The van der Waals surface area contributed by atoms with E-state index in [-0.39, 0.29) is 22.9 Å². The number of aromatic nitrogens is 2. The van der Waals surface area contributed by atoms with Gasteiger partial charge in [0, 0.05) is 66.7 Å². The predicted octanol–water partition coefficient (Wildman–Crippen LogP) is 8.15. The fraction of sp³-hybridized carbons (Fsp3) is 0.349. The Morgan fingerprint density at radius 1 is 0.944 bits per heavy atom. The molecule has 3 aromatic carbocycles. The molecule has 9 nitrogen and oxygen atoms in total. The van der Waals surface area contributed by atoms with E-state index in [1.54, 1.807) is 0 Å². The molecule has 0 radical (unpaired) electrons. The topological polar surface area (TPSA) is 135 Å². The zero-order chi connectivity index (χ0) is 37.9. The van der Waals surface area contributed by atoms with Crippen LogP contribution in [0.2, 0.25) is 0 Å². The Hall–Kier alpha value is -5.42. The van der Waals surface area contributed by atoms with E-state index in [4.69, 9.17) is 10.3 Å². The summed E-state index contributed by atoms with van der Waals surface area (Å²) >= 11 is 0. The molecule has 5 aromatic rings. The van der Waals surface area contributed by atoms with Crippen LogP contribution in [0.25, 0.3) is 22.5 Å². The number of carboxylic acid groups (broad SMARTS) is 1. The highest BCUT2D eigenvalue weighted by Gasteiger charge is 2.38. The number of hydrogen-bond acceptors (Lipinski definition) is 7. The lowest BCUT2D eigenvalue weighted by Gasteiger charge is -2.42. The van der Waals surface area contributed by atoms with E-state index in [0.717, 1.165) is 55.0 Å². The largest absolute Gasteiger partial charge is 0.481 e. The molecule has 3 atom stereocenters. The molecule has 3 heterocycles. The number of nitrogens with one attached hydrogen (secondary N) is 1. The van der Waals surface area contributed by atoms with E-state index in [9.17, 15) is 23.5 Å². The van der Waals surface area contributed by atoms with Crippen LogP contribution in [0.1, 0.15) is 89.9 Å². The van der Waals surface area contributed by atoms with E-state index in [0.29, 0.717) is 19.0 Å². The first-order valence-corrected chi connectivity index (χ1v) is 18.7. The third-order valence-corrected chi connectivity index (χ3v) is 11.2. The number of nitrogens with zero attached hydrogens (tertiary/aromatic N) is 3. The first kappa shape index (κ1) is 36.9. The highest BCUT2D eigenvalue weighted by molar-refractivity contribution is 5.93.